The zero-order valence-electron chi connectivity index (χ0n) is 20.4. The molecule has 4 aromatic rings. The van der Waals surface area contributed by atoms with Gasteiger partial charge in [-0.15, -0.1) is 0 Å². The molecule has 0 fully saturated rings. The molecule has 0 saturated heterocycles. The van der Waals surface area contributed by atoms with Gasteiger partial charge in [-0.25, -0.2) is 9.69 Å². The molecule has 3 amide bonds. The number of hydrogen-bond donors (Lipinski definition) is 3. The predicted octanol–water partition coefficient (Wildman–Crippen LogP) is 5.74. The van der Waals surface area contributed by atoms with Gasteiger partial charge < -0.3 is 15.7 Å². The van der Waals surface area contributed by atoms with Gasteiger partial charge in [-0.05, 0) is 72.6 Å². The van der Waals surface area contributed by atoms with Crippen molar-refractivity contribution in [1.82, 2.24) is 0 Å². The SMILES string of the molecule is CCc1cccc(NC(=O)c2cc(N3C(=O)c4ccc(C(=O)O)cc4C3=O)ccc2Nc2ccccc2)c1. The van der Waals surface area contributed by atoms with Crippen molar-refractivity contribution in [2.45, 2.75) is 13.3 Å². The van der Waals surface area contributed by atoms with E-state index in [2.05, 4.69) is 10.6 Å². The smallest absolute Gasteiger partial charge is 0.335 e. The van der Waals surface area contributed by atoms with Gasteiger partial charge >= 0.3 is 5.97 Å². The van der Waals surface area contributed by atoms with E-state index in [-0.39, 0.29) is 27.9 Å². The summed E-state index contributed by atoms with van der Waals surface area (Å²) < 4.78 is 0. The van der Waals surface area contributed by atoms with Gasteiger partial charge in [0.05, 0.1) is 33.6 Å². The van der Waals surface area contributed by atoms with Crippen molar-refractivity contribution < 1.29 is 24.3 Å². The Morgan fingerprint density at radius 2 is 1.53 bits per heavy atom. The third-order valence-corrected chi connectivity index (χ3v) is 6.29. The third-order valence-electron chi connectivity index (χ3n) is 6.29. The zero-order valence-corrected chi connectivity index (χ0v) is 20.4. The van der Waals surface area contributed by atoms with Crippen LogP contribution in [-0.2, 0) is 6.42 Å². The molecule has 0 spiro atoms. The Kier molecular flexibility index (Phi) is 6.45. The van der Waals surface area contributed by atoms with Gasteiger partial charge in [-0.2, -0.15) is 0 Å². The predicted molar refractivity (Wildman–Crippen MR) is 144 cm³/mol. The number of amides is 3. The van der Waals surface area contributed by atoms with Crippen molar-refractivity contribution in [3.05, 3.63) is 119 Å². The molecular weight excluding hydrogens is 482 g/mol. The lowest BCUT2D eigenvalue weighted by Gasteiger charge is -2.18. The van der Waals surface area contributed by atoms with Crippen LogP contribution in [0.5, 0.6) is 0 Å². The van der Waals surface area contributed by atoms with Crippen molar-refractivity contribution in [2.24, 2.45) is 0 Å². The number of aryl methyl sites for hydroxylation is 1. The summed E-state index contributed by atoms with van der Waals surface area (Å²) in [6, 6.07) is 25.3. The summed E-state index contributed by atoms with van der Waals surface area (Å²) in [5, 5.41) is 15.4. The van der Waals surface area contributed by atoms with Gasteiger partial charge in [0.15, 0.2) is 0 Å². The molecule has 0 unspecified atom stereocenters. The van der Waals surface area contributed by atoms with Crippen molar-refractivity contribution in [2.75, 3.05) is 15.5 Å². The normalized spacial score (nSPS) is 12.3. The molecular formula is C30H23N3O5. The van der Waals surface area contributed by atoms with E-state index in [0.717, 1.165) is 22.6 Å². The summed E-state index contributed by atoms with van der Waals surface area (Å²) in [6.45, 7) is 2.02. The van der Waals surface area contributed by atoms with Gasteiger partial charge in [0, 0.05) is 11.4 Å². The molecule has 188 valence electrons. The van der Waals surface area contributed by atoms with E-state index < -0.39 is 23.7 Å². The zero-order chi connectivity index (χ0) is 26.8. The first-order valence-corrected chi connectivity index (χ1v) is 12.0. The molecule has 0 radical (unpaired) electrons. The number of carbonyl (C=O) groups is 4. The number of hydrogen-bond acceptors (Lipinski definition) is 5. The number of imide groups is 1. The van der Waals surface area contributed by atoms with Gasteiger partial charge in [0.2, 0.25) is 0 Å². The molecule has 5 rings (SSSR count). The fourth-order valence-corrected chi connectivity index (χ4v) is 4.32. The lowest BCUT2D eigenvalue weighted by Crippen LogP contribution is -2.29. The number of nitrogens with one attached hydrogen (secondary N) is 2. The maximum atomic E-state index is 13.5. The monoisotopic (exact) mass is 505 g/mol. The molecule has 1 aliphatic heterocycles. The molecule has 3 N–H and O–H groups in total. The topological polar surface area (TPSA) is 116 Å². The second-order valence-corrected chi connectivity index (χ2v) is 8.74. The second kappa shape index (κ2) is 10.0. The first-order chi connectivity index (χ1) is 18.4. The van der Waals surface area contributed by atoms with Gasteiger partial charge in [-0.1, -0.05) is 37.3 Å². The summed E-state index contributed by atoms with van der Waals surface area (Å²) in [5.74, 6) is -2.87. The van der Waals surface area contributed by atoms with Crippen LogP contribution in [0.25, 0.3) is 0 Å². The van der Waals surface area contributed by atoms with E-state index in [9.17, 15) is 24.3 Å². The number of benzene rings is 4. The Labute approximate surface area is 218 Å². The molecule has 0 aliphatic carbocycles. The summed E-state index contributed by atoms with van der Waals surface area (Å²) >= 11 is 0. The highest BCUT2D eigenvalue weighted by Crippen LogP contribution is 2.33. The van der Waals surface area contributed by atoms with E-state index in [1.165, 1.54) is 24.3 Å². The molecule has 8 heteroatoms. The standard InChI is InChI=1S/C30H23N3O5/c1-2-18-7-6-10-21(15-18)32-27(34)25-17-22(12-14-26(25)31-20-8-4-3-5-9-20)33-28(35)23-13-11-19(30(37)38)16-24(23)29(33)36/h3-17,31H,2H2,1H3,(H,32,34)(H,37,38). The van der Waals surface area contributed by atoms with Crippen LogP contribution in [0.15, 0.2) is 91.0 Å². The fraction of sp³-hybridized carbons (Fsp3) is 0.0667. The van der Waals surface area contributed by atoms with Gasteiger partial charge in [-0.3, -0.25) is 14.4 Å². The van der Waals surface area contributed by atoms with Crippen molar-refractivity contribution in [3.63, 3.8) is 0 Å². The Morgan fingerprint density at radius 3 is 2.26 bits per heavy atom. The summed E-state index contributed by atoms with van der Waals surface area (Å²) in [4.78, 5) is 52.2. The summed E-state index contributed by atoms with van der Waals surface area (Å²) in [6.07, 6.45) is 0.809. The summed E-state index contributed by atoms with van der Waals surface area (Å²) in [7, 11) is 0. The van der Waals surface area contributed by atoms with Crippen LogP contribution in [-0.4, -0.2) is 28.8 Å². The molecule has 4 aromatic carbocycles. The van der Waals surface area contributed by atoms with Crippen LogP contribution in [0.2, 0.25) is 0 Å². The lowest BCUT2D eigenvalue weighted by molar-refractivity contribution is 0.0696. The van der Waals surface area contributed by atoms with E-state index in [1.54, 1.807) is 18.2 Å². The second-order valence-electron chi connectivity index (χ2n) is 8.74. The number of nitrogens with zero attached hydrogens (tertiary/aromatic N) is 1. The number of anilines is 4. The first kappa shape index (κ1) is 24.5. The molecule has 0 atom stereocenters. The molecule has 1 aliphatic rings. The van der Waals surface area contributed by atoms with E-state index in [1.807, 2.05) is 55.5 Å². The molecule has 0 aromatic heterocycles. The largest absolute Gasteiger partial charge is 0.478 e. The Balaban J connectivity index is 1.54. The number of rotatable bonds is 7. The minimum atomic E-state index is -1.20. The number of para-hydroxylation sites is 1. The first-order valence-electron chi connectivity index (χ1n) is 12.0. The molecule has 1 heterocycles. The fourth-order valence-electron chi connectivity index (χ4n) is 4.32. The van der Waals surface area contributed by atoms with E-state index >= 15 is 0 Å². The average molecular weight is 506 g/mol. The Hall–Kier alpha value is -5.24. The Morgan fingerprint density at radius 1 is 0.789 bits per heavy atom. The average Bonchev–Trinajstić information content (AvgIpc) is 3.18. The highest BCUT2D eigenvalue weighted by Gasteiger charge is 2.37. The lowest BCUT2D eigenvalue weighted by atomic mass is 10.1. The van der Waals surface area contributed by atoms with Crippen LogP contribution in [0.1, 0.15) is 53.9 Å². The van der Waals surface area contributed by atoms with Crippen LogP contribution in [0.4, 0.5) is 22.7 Å². The van der Waals surface area contributed by atoms with Gasteiger partial charge in [0.25, 0.3) is 17.7 Å². The number of carboxylic acid groups (broad SMARTS) is 1. The highest BCUT2D eigenvalue weighted by molar-refractivity contribution is 6.35. The Bertz CT molecular complexity index is 1600. The quantitative estimate of drug-likeness (QED) is 0.276. The molecule has 8 nitrogen and oxygen atoms in total. The highest BCUT2D eigenvalue weighted by atomic mass is 16.4. The van der Waals surface area contributed by atoms with Crippen molar-refractivity contribution >= 4 is 46.4 Å². The van der Waals surface area contributed by atoms with Crippen molar-refractivity contribution in [1.29, 1.82) is 0 Å². The van der Waals surface area contributed by atoms with E-state index in [4.69, 9.17) is 0 Å². The summed E-state index contributed by atoms with van der Waals surface area (Å²) in [5.41, 5.74) is 3.34. The number of aromatic carboxylic acids is 1. The molecule has 0 saturated carbocycles. The molecule has 0 bridgehead atoms. The molecule has 38 heavy (non-hydrogen) atoms. The van der Waals surface area contributed by atoms with E-state index in [0.29, 0.717) is 11.4 Å². The van der Waals surface area contributed by atoms with Crippen LogP contribution >= 0.6 is 0 Å². The maximum Gasteiger partial charge on any atom is 0.335 e. The van der Waals surface area contributed by atoms with Crippen LogP contribution < -0.4 is 15.5 Å². The van der Waals surface area contributed by atoms with Crippen LogP contribution in [0.3, 0.4) is 0 Å². The van der Waals surface area contributed by atoms with Gasteiger partial charge in [0.1, 0.15) is 0 Å². The minimum absolute atomic E-state index is 0.00349. The number of fused-ring (bicyclic) bond motifs is 1. The van der Waals surface area contributed by atoms with Crippen LogP contribution in [0, 0.1) is 0 Å². The third kappa shape index (κ3) is 4.62. The number of carboxylic acids is 1. The van der Waals surface area contributed by atoms with Crippen molar-refractivity contribution in [3.8, 4) is 0 Å². The minimum Gasteiger partial charge on any atom is -0.478 e. The number of carbonyl (C=O) groups excluding carboxylic acids is 3. The maximum absolute atomic E-state index is 13.5.